The number of nitrogens with zero attached hydrogens (tertiary/aromatic N) is 1. The van der Waals surface area contributed by atoms with Crippen molar-refractivity contribution in [3.05, 3.63) is 46.5 Å². The van der Waals surface area contributed by atoms with E-state index in [1.54, 1.807) is 17.8 Å². The highest BCUT2D eigenvalue weighted by Crippen LogP contribution is 2.30. The van der Waals surface area contributed by atoms with E-state index < -0.39 is 0 Å². The molecule has 2 nitrogen and oxygen atoms in total. The number of rotatable bonds is 9. The fourth-order valence-corrected chi connectivity index (χ4v) is 4.05. The fourth-order valence-electron chi connectivity index (χ4n) is 2.68. The topological polar surface area (TPSA) is 20.3 Å². The van der Waals surface area contributed by atoms with E-state index in [0.717, 1.165) is 29.8 Å². The van der Waals surface area contributed by atoms with Gasteiger partial charge in [0, 0.05) is 40.3 Å². The highest BCUT2D eigenvalue weighted by atomic mass is 32.2. The standard InChI is InChI=1S/C19H25NOS2/c1-4-5-6-7-8-9-12-20(2)17-14-19(21)23-18-13-15(22-3)10-11-16(17)18/h4,10-11,13-14H,1,5-9,12H2,2-3H3. The predicted octanol–water partition coefficient (Wildman–Crippen LogP) is 5.56. The van der Waals surface area contributed by atoms with Crippen LogP contribution in [0.3, 0.4) is 0 Å². The number of fused-ring (bicyclic) bond motifs is 1. The Labute approximate surface area is 147 Å². The van der Waals surface area contributed by atoms with Crippen LogP contribution in [0.2, 0.25) is 0 Å². The lowest BCUT2D eigenvalue weighted by atomic mass is 10.1. The van der Waals surface area contributed by atoms with Gasteiger partial charge in [0.05, 0.1) is 0 Å². The van der Waals surface area contributed by atoms with Crippen molar-refractivity contribution in [1.29, 1.82) is 0 Å². The van der Waals surface area contributed by atoms with Gasteiger partial charge in [0.25, 0.3) is 0 Å². The van der Waals surface area contributed by atoms with Crippen molar-refractivity contribution in [2.24, 2.45) is 0 Å². The molecular formula is C19H25NOS2. The third-order valence-corrected chi connectivity index (χ3v) is 5.59. The van der Waals surface area contributed by atoms with Crippen molar-refractivity contribution < 1.29 is 0 Å². The lowest BCUT2D eigenvalue weighted by Crippen LogP contribution is -2.19. The summed E-state index contributed by atoms with van der Waals surface area (Å²) in [5.41, 5.74) is 1.06. The summed E-state index contributed by atoms with van der Waals surface area (Å²) in [5.74, 6) is 0. The lowest BCUT2D eigenvalue weighted by Gasteiger charge is -2.21. The van der Waals surface area contributed by atoms with Crippen LogP contribution in [-0.2, 0) is 0 Å². The van der Waals surface area contributed by atoms with Gasteiger partial charge in [0.2, 0.25) is 4.74 Å². The zero-order valence-electron chi connectivity index (χ0n) is 14.0. The molecule has 124 valence electrons. The largest absolute Gasteiger partial charge is 0.374 e. The molecule has 0 N–H and O–H groups in total. The van der Waals surface area contributed by atoms with Gasteiger partial charge in [0.1, 0.15) is 0 Å². The van der Waals surface area contributed by atoms with E-state index in [1.165, 1.54) is 40.9 Å². The average Bonchev–Trinajstić information content (AvgIpc) is 2.56. The second-order valence-corrected chi connectivity index (χ2v) is 7.65. The third kappa shape index (κ3) is 5.11. The first kappa shape index (κ1) is 18.1. The number of thioether (sulfide) groups is 1. The van der Waals surface area contributed by atoms with Crippen LogP contribution in [0.15, 0.2) is 46.6 Å². The Kier molecular flexibility index (Phi) is 7.18. The number of benzene rings is 1. The maximum atomic E-state index is 12.0. The quantitative estimate of drug-likeness (QED) is 0.337. The molecule has 0 unspecified atom stereocenters. The molecule has 1 aromatic heterocycles. The smallest absolute Gasteiger partial charge is 0.234 e. The van der Waals surface area contributed by atoms with Crippen LogP contribution in [-0.4, -0.2) is 19.8 Å². The van der Waals surface area contributed by atoms with E-state index in [1.807, 2.05) is 6.08 Å². The van der Waals surface area contributed by atoms with Gasteiger partial charge in [0.15, 0.2) is 0 Å². The highest BCUT2D eigenvalue weighted by molar-refractivity contribution is 7.98. The van der Waals surface area contributed by atoms with Gasteiger partial charge in [-0.15, -0.1) is 18.3 Å². The molecule has 0 radical (unpaired) electrons. The molecule has 4 heteroatoms. The first-order valence-corrected chi connectivity index (χ1v) is 10.1. The second kappa shape index (κ2) is 9.14. The lowest BCUT2D eigenvalue weighted by molar-refractivity contribution is 0.643. The van der Waals surface area contributed by atoms with Crippen molar-refractivity contribution in [2.45, 2.75) is 37.0 Å². The van der Waals surface area contributed by atoms with Crippen LogP contribution in [0.4, 0.5) is 5.69 Å². The number of anilines is 1. The van der Waals surface area contributed by atoms with E-state index >= 15 is 0 Å². The van der Waals surface area contributed by atoms with Crippen molar-refractivity contribution in [1.82, 2.24) is 0 Å². The van der Waals surface area contributed by atoms with Crippen LogP contribution < -0.4 is 9.64 Å². The third-order valence-electron chi connectivity index (χ3n) is 3.99. The summed E-state index contributed by atoms with van der Waals surface area (Å²) in [6.07, 6.45) is 10.0. The summed E-state index contributed by atoms with van der Waals surface area (Å²) in [5, 5.41) is 1.18. The first-order chi connectivity index (χ1) is 11.2. The SMILES string of the molecule is C=CCCCCCCN(C)c1cc(=O)sc2cc(SC)ccc12. The van der Waals surface area contributed by atoms with E-state index in [2.05, 4.69) is 43.0 Å². The summed E-state index contributed by atoms with van der Waals surface area (Å²) in [4.78, 5) is 15.5. The molecule has 0 amide bonds. The zero-order chi connectivity index (χ0) is 16.7. The molecule has 0 aliphatic rings. The molecule has 0 fully saturated rings. The monoisotopic (exact) mass is 347 g/mol. The van der Waals surface area contributed by atoms with Crippen LogP contribution in [0.5, 0.6) is 0 Å². The molecule has 0 saturated carbocycles. The van der Waals surface area contributed by atoms with Gasteiger partial charge in [-0.2, -0.15) is 0 Å². The minimum Gasteiger partial charge on any atom is -0.374 e. The van der Waals surface area contributed by atoms with Crippen LogP contribution in [0.25, 0.3) is 10.1 Å². The van der Waals surface area contributed by atoms with Gasteiger partial charge in [-0.1, -0.05) is 36.3 Å². The van der Waals surface area contributed by atoms with E-state index in [-0.39, 0.29) is 4.74 Å². The van der Waals surface area contributed by atoms with Crippen LogP contribution in [0.1, 0.15) is 32.1 Å². The summed E-state index contributed by atoms with van der Waals surface area (Å²) in [7, 11) is 2.09. The number of allylic oxidation sites excluding steroid dienone is 1. The Hall–Kier alpha value is -1.26. The highest BCUT2D eigenvalue weighted by Gasteiger charge is 2.09. The van der Waals surface area contributed by atoms with Crippen molar-refractivity contribution in [2.75, 3.05) is 24.7 Å². The molecule has 2 rings (SSSR count). The predicted molar refractivity (Wildman–Crippen MR) is 106 cm³/mol. The number of hydrogen-bond donors (Lipinski definition) is 0. The second-order valence-electron chi connectivity index (χ2n) is 5.73. The summed E-state index contributed by atoms with van der Waals surface area (Å²) in [6, 6.07) is 8.19. The van der Waals surface area contributed by atoms with Crippen molar-refractivity contribution in [3.63, 3.8) is 0 Å². The van der Waals surface area contributed by atoms with E-state index in [4.69, 9.17) is 0 Å². The van der Waals surface area contributed by atoms with Crippen LogP contribution in [0, 0.1) is 0 Å². The maximum Gasteiger partial charge on any atom is 0.234 e. The normalized spacial score (nSPS) is 10.9. The minimum absolute atomic E-state index is 0.128. The Balaban J connectivity index is 2.08. The van der Waals surface area contributed by atoms with Crippen LogP contribution >= 0.6 is 23.1 Å². The molecular weight excluding hydrogens is 322 g/mol. The van der Waals surface area contributed by atoms with E-state index in [0.29, 0.717) is 0 Å². The Morgan fingerprint density at radius 2 is 2.00 bits per heavy atom. The Morgan fingerprint density at radius 1 is 1.22 bits per heavy atom. The van der Waals surface area contributed by atoms with Gasteiger partial charge < -0.3 is 4.90 Å². The van der Waals surface area contributed by atoms with Gasteiger partial charge in [-0.25, -0.2) is 0 Å². The fraction of sp³-hybridized carbons (Fsp3) is 0.421. The molecule has 23 heavy (non-hydrogen) atoms. The molecule has 0 saturated heterocycles. The summed E-state index contributed by atoms with van der Waals surface area (Å²) >= 11 is 3.05. The Bertz CT molecular complexity index is 708. The van der Waals surface area contributed by atoms with Gasteiger partial charge in [-0.3, -0.25) is 4.79 Å². The first-order valence-electron chi connectivity index (χ1n) is 8.09. The van der Waals surface area contributed by atoms with Gasteiger partial charge >= 0.3 is 0 Å². The number of unbranched alkanes of at least 4 members (excludes halogenated alkanes) is 4. The molecule has 0 atom stereocenters. The molecule has 1 aromatic carbocycles. The molecule has 0 spiro atoms. The zero-order valence-corrected chi connectivity index (χ0v) is 15.6. The maximum absolute atomic E-state index is 12.0. The minimum atomic E-state index is 0.128. The summed E-state index contributed by atoms with van der Waals surface area (Å²) in [6.45, 7) is 4.75. The summed E-state index contributed by atoms with van der Waals surface area (Å²) < 4.78 is 1.21. The molecule has 2 aromatic rings. The number of hydrogen-bond acceptors (Lipinski definition) is 4. The average molecular weight is 348 g/mol. The molecule has 0 aliphatic heterocycles. The molecule has 1 heterocycles. The molecule has 0 aliphatic carbocycles. The van der Waals surface area contributed by atoms with E-state index in [9.17, 15) is 4.79 Å². The molecule has 0 bridgehead atoms. The van der Waals surface area contributed by atoms with Crippen molar-refractivity contribution in [3.8, 4) is 0 Å². The Morgan fingerprint density at radius 3 is 2.74 bits per heavy atom. The van der Waals surface area contributed by atoms with Crippen molar-refractivity contribution >= 4 is 38.9 Å². The van der Waals surface area contributed by atoms with Gasteiger partial charge in [-0.05, 0) is 37.7 Å².